The summed E-state index contributed by atoms with van der Waals surface area (Å²) >= 11 is 5.96. The lowest BCUT2D eigenvalue weighted by Gasteiger charge is -2.09. The van der Waals surface area contributed by atoms with Gasteiger partial charge in [0.2, 0.25) is 0 Å². The van der Waals surface area contributed by atoms with Crippen molar-refractivity contribution in [2.45, 2.75) is 13.8 Å². The van der Waals surface area contributed by atoms with E-state index < -0.39 is 11.9 Å². The van der Waals surface area contributed by atoms with Gasteiger partial charge in [0.25, 0.3) is 5.91 Å². The number of ether oxygens (including phenoxy) is 1. The summed E-state index contributed by atoms with van der Waals surface area (Å²) in [5.41, 5.74) is 1.65. The van der Waals surface area contributed by atoms with Crippen LogP contribution in [0.5, 0.6) is 0 Å². The van der Waals surface area contributed by atoms with E-state index >= 15 is 0 Å². The van der Waals surface area contributed by atoms with Crippen LogP contribution in [0.3, 0.4) is 0 Å². The Hall–Kier alpha value is -2.27. The smallest absolute Gasteiger partial charge is 0.342 e. The van der Waals surface area contributed by atoms with Crippen LogP contribution >= 0.6 is 11.6 Å². The minimum absolute atomic E-state index is 0.307. The zero-order valence-corrected chi connectivity index (χ0v) is 12.4. The van der Waals surface area contributed by atoms with Gasteiger partial charge in [-0.15, -0.1) is 0 Å². The number of esters is 1. The van der Waals surface area contributed by atoms with E-state index in [1.165, 1.54) is 12.3 Å². The molecule has 0 spiro atoms. The molecule has 2 aromatic rings. The zero-order chi connectivity index (χ0) is 15.4. The highest BCUT2D eigenvalue weighted by atomic mass is 35.5. The van der Waals surface area contributed by atoms with Gasteiger partial charge in [-0.3, -0.25) is 4.79 Å². The first kappa shape index (κ1) is 15.1. The number of hydrogen-bond acceptors (Lipinski definition) is 4. The molecule has 0 aliphatic heterocycles. The summed E-state index contributed by atoms with van der Waals surface area (Å²) in [6.07, 6.45) is 1.39. The second-order valence-electron chi connectivity index (χ2n) is 4.43. The van der Waals surface area contributed by atoms with E-state index in [4.69, 9.17) is 20.8 Å². The summed E-state index contributed by atoms with van der Waals surface area (Å²) in [4.78, 5) is 23.5. The van der Waals surface area contributed by atoms with Crippen molar-refractivity contribution in [3.05, 3.63) is 52.4 Å². The van der Waals surface area contributed by atoms with Crippen LogP contribution in [0.15, 0.2) is 34.9 Å². The molecule has 1 aromatic carbocycles. The average molecular weight is 308 g/mol. The molecule has 5 nitrogen and oxygen atoms in total. The van der Waals surface area contributed by atoms with Gasteiger partial charge in [0.15, 0.2) is 6.61 Å². The molecule has 110 valence electrons. The normalized spacial score (nSPS) is 10.2. The second kappa shape index (κ2) is 6.45. The molecule has 0 atom stereocenters. The predicted octanol–water partition coefficient (Wildman–Crippen LogP) is 3.35. The van der Waals surface area contributed by atoms with E-state index in [0.29, 0.717) is 22.0 Å². The van der Waals surface area contributed by atoms with Crippen LogP contribution in [-0.4, -0.2) is 18.5 Å². The fraction of sp³-hybridized carbons (Fsp3) is 0.200. The standard InChI is InChI=1S/C15H14ClNO4/c1-9-12(16)4-3-5-13(9)17-14(18)8-21-15(19)11-6-7-20-10(11)2/h3-7H,8H2,1-2H3,(H,17,18). The van der Waals surface area contributed by atoms with E-state index in [2.05, 4.69) is 5.32 Å². The number of carbonyl (C=O) groups excluding carboxylic acids is 2. The third kappa shape index (κ3) is 3.64. The molecule has 0 radical (unpaired) electrons. The Morgan fingerprint density at radius 2 is 2.05 bits per heavy atom. The van der Waals surface area contributed by atoms with Crippen LogP contribution in [0.25, 0.3) is 0 Å². The molecule has 1 heterocycles. The summed E-state index contributed by atoms with van der Waals surface area (Å²) in [5.74, 6) is -0.583. The van der Waals surface area contributed by atoms with E-state index in [1.807, 2.05) is 0 Å². The Morgan fingerprint density at radius 3 is 2.71 bits per heavy atom. The van der Waals surface area contributed by atoms with E-state index in [1.54, 1.807) is 32.0 Å². The lowest BCUT2D eigenvalue weighted by Crippen LogP contribution is -2.21. The van der Waals surface area contributed by atoms with Crippen molar-refractivity contribution in [3.8, 4) is 0 Å². The fourth-order valence-electron chi connectivity index (χ4n) is 1.73. The van der Waals surface area contributed by atoms with Crippen LogP contribution in [-0.2, 0) is 9.53 Å². The first-order valence-electron chi connectivity index (χ1n) is 6.25. The Kier molecular flexibility index (Phi) is 4.65. The maximum atomic E-state index is 11.8. The molecule has 0 aliphatic carbocycles. The largest absolute Gasteiger partial charge is 0.469 e. The van der Waals surface area contributed by atoms with Crippen molar-refractivity contribution >= 4 is 29.2 Å². The Bertz CT molecular complexity index is 678. The molecule has 2 rings (SSSR count). The van der Waals surface area contributed by atoms with Crippen LogP contribution in [0.1, 0.15) is 21.7 Å². The van der Waals surface area contributed by atoms with Gasteiger partial charge in [0.05, 0.1) is 6.26 Å². The number of benzene rings is 1. The van der Waals surface area contributed by atoms with Gasteiger partial charge >= 0.3 is 5.97 Å². The predicted molar refractivity (Wildman–Crippen MR) is 78.5 cm³/mol. The summed E-state index contributed by atoms with van der Waals surface area (Å²) < 4.78 is 9.93. The highest BCUT2D eigenvalue weighted by Gasteiger charge is 2.15. The topological polar surface area (TPSA) is 68.5 Å². The minimum Gasteiger partial charge on any atom is -0.469 e. The monoisotopic (exact) mass is 307 g/mol. The molecule has 0 saturated heterocycles. The van der Waals surface area contributed by atoms with Gasteiger partial charge in [-0.2, -0.15) is 0 Å². The Balaban J connectivity index is 1.92. The number of hydrogen-bond donors (Lipinski definition) is 1. The quantitative estimate of drug-likeness (QED) is 0.880. The number of rotatable bonds is 4. The molecule has 0 fully saturated rings. The van der Waals surface area contributed by atoms with E-state index in [-0.39, 0.29) is 6.61 Å². The fourth-order valence-corrected chi connectivity index (χ4v) is 1.91. The maximum Gasteiger partial charge on any atom is 0.342 e. The molecule has 0 saturated carbocycles. The zero-order valence-electron chi connectivity index (χ0n) is 11.6. The van der Waals surface area contributed by atoms with Crippen LogP contribution < -0.4 is 5.32 Å². The van der Waals surface area contributed by atoms with Crippen molar-refractivity contribution in [1.82, 2.24) is 0 Å². The molecular weight excluding hydrogens is 294 g/mol. The average Bonchev–Trinajstić information content (AvgIpc) is 2.87. The lowest BCUT2D eigenvalue weighted by atomic mass is 10.2. The van der Waals surface area contributed by atoms with Gasteiger partial charge < -0.3 is 14.5 Å². The first-order valence-corrected chi connectivity index (χ1v) is 6.63. The molecule has 1 aromatic heterocycles. The van der Waals surface area contributed by atoms with Crippen molar-refractivity contribution in [2.24, 2.45) is 0 Å². The van der Waals surface area contributed by atoms with Gasteiger partial charge in [0, 0.05) is 10.7 Å². The first-order chi connectivity index (χ1) is 9.99. The highest BCUT2D eigenvalue weighted by Crippen LogP contribution is 2.22. The van der Waals surface area contributed by atoms with Crippen LogP contribution in [0, 0.1) is 13.8 Å². The van der Waals surface area contributed by atoms with Gasteiger partial charge in [-0.25, -0.2) is 4.79 Å². The molecule has 0 bridgehead atoms. The third-order valence-electron chi connectivity index (χ3n) is 2.95. The molecule has 6 heteroatoms. The van der Waals surface area contributed by atoms with Crippen molar-refractivity contribution < 1.29 is 18.7 Å². The van der Waals surface area contributed by atoms with E-state index in [0.717, 1.165) is 5.56 Å². The Morgan fingerprint density at radius 1 is 1.29 bits per heavy atom. The summed E-state index contributed by atoms with van der Waals surface area (Å²) in [7, 11) is 0. The third-order valence-corrected chi connectivity index (χ3v) is 3.36. The Labute approximate surface area is 126 Å². The highest BCUT2D eigenvalue weighted by molar-refractivity contribution is 6.31. The van der Waals surface area contributed by atoms with Gasteiger partial charge in [-0.05, 0) is 37.6 Å². The summed E-state index contributed by atoms with van der Waals surface area (Å²) in [6.45, 7) is 3.06. The molecular formula is C15H14ClNO4. The molecule has 0 unspecified atom stereocenters. The SMILES string of the molecule is Cc1occc1C(=O)OCC(=O)Nc1cccc(Cl)c1C. The number of furan rings is 1. The van der Waals surface area contributed by atoms with Crippen molar-refractivity contribution in [2.75, 3.05) is 11.9 Å². The molecule has 1 amide bonds. The van der Waals surface area contributed by atoms with Crippen molar-refractivity contribution in [1.29, 1.82) is 0 Å². The molecule has 1 N–H and O–H groups in total. The number of aryl methyl sites for hydroxylation is 1. The second-order valence-corrected chi connectivity index (χ2v) is 4.83. The van der Waals surface area contributed by atoms with Crippen LogP contribution in [0.4, 0.5) is 5.69 Å². The lowest BCUT2D eigenvalue weighted by molar-refractivity contribution is -0.119. The minimum atomic E-state index is -0.598. The number of carbonyl (C=O) groups is 2. The van der Waals surface area contributed by atoms with E-state index in [9.17, 15) is 9.59 Å². The number of halogens is 1. The molecule has 0 aliphatic rings. The summed E-state index contributed by atoms with van der Waals surface area (Å²) in [5, 5.41) is 3.20. The van der Waals surface area contributed by atoms with Crippen LogP contribution in [0.2, 0.25) is 5.02 Å². The number of nitrogens with one attached hydrogen (secondary N) is 1. The maximum absolute atomic E-state index is 11.8. The number of amides is 1. The van der Waals surface area contributed by atoms with Crippen molar-refractivity contribution in [3.63, 3.8) is 0 Å². The molecule has 21 heavy (non-hydrogen) atoms. The summed E-state index contributed by atoms with van der Waals surface area (Å²) in [6, 6.07) is 6.68. The van der Waals surface area contributed by atoms with Gasteiger partial charge in [0.1, 0.15) is 11.3 Å². The number of anilines is 1. The van der Waals surface area contributed by atoms with Gasteiger partial charge in [-0.1, -0.05) is 17.7 Å².